The van der Waals surface area contributed by atoms with Crippen molar-refractivity contribution in [1.82, 2.24) is 4.90 Å². The number of hydrogen-bond acceptors (Lipinski definition) is 3. The van der Waals surface area contributed by atoms with Crippen LogP contribution in [0.2, 0.25) is 0 Å². The molecule has 158 valence electrons. The Labute approximate surface area is 172 Å². The molecular formula is C21H20F2NO5P. The van der Waals surface area contributed by atoms with Gasteiger partial charge in [0.15, 0.2) is 6.10 Å². The standard InChI is InChI=1S/C21H20F2NO5P/c22-16-8-9-18(23)17(11-16)15-10-19(13-4-2-1-3-5-13)24(12-15)21(25)20(14-6-7-14)29-30(26,27)28/h1-5,8-11,14,19-20H,6-7,12H2,(H2,26,27,28)/t19-,20-/m0/s1. The zero-order valence-corrected chi connectivity index (χ0v) is 16.7. The molecule has 2 aliphatic rings. The summed E-state index contributed by atoms with van der Waals surface area (Å²) in [7, 11) is -4.88. The second kappa shape index (κ2) is 8.04. The Morgan fingerprint density at radius 2 is 1.83 bits per heavy atom. The predicted octanol–water partition coefficient (Wildman–Crippen LogP) is 3.82. The summed E-state index contributed by atoms with van der Waals surface area (Å²) in [4.78, 5) is 33.2. The second-order valence-electron chi connectivity index (χ2n) is 7.49. The first kappa shape index (κ1) is 20.9. The average Bonchev–Trinajstić information content (AvgIpc) is 3.45. The van der Waals surface area contributed by atoms with Gasteiger partial charge in [-0.05, 0) is 48.1 Å². The Morgan fingerprint density at radius 3 is 2.47 bits per heavy atom. The van der Waals surface area contributed by atoms with Crippen LogP contribution in [0.4, 0.5) is 8.78 Å². The molecule has 0 bridgehead atoms. The summed E-state index contributed by atoms with van der Waals surface area (Å²) in [6.45, 7) is -0.0352. The van der Waals surface area contributed by atoms with Gasteiger partial charge < -0.3 is 14.7 Å². The molecular weight excluding hydrogens is 415 g/mol. The van der Waals surface area contributed by atoms with Gasteiger partial charge in [-0.1, -0.05) is 36.4 Å². The van der Waals surface area contributed by atoms with Crippen LogP contribution in [0.25, 0.3) is 5.57 Å². The SMILES string of the molecule is O=C([C@@H](OP(=O)(O)O)C1CC1)N1CC(c2cc(F)ccc2F)=C[C@H]1c1ccccc1. The summed E-state index contributed by atoms with van der Waals surface area (Å²) in [5.41, 5.74) is 1.20. The molecule has 2 aromatic rings. The van der Waals surface area contributed by atoms with Crippen molar-refractivity contribution in [3.8, 4) is 0 Å². The van der Waals surface area contributed by atoms with E-state index >= 15 is 0 Å². The monoisotopic (exact) mass is 435 g/mol. The molecule has 1 heterocycles. The molecule has 0 radical (unpaired) electrons. The number of carbonyl (C=O) groups excluding carboxylic acids is 1. The summed E-state index contributed by atoms with van der Waals surface area (Å²) >= 11 is 0. The van der Waals surface area contributed by atoms with Gasteiger partial charge in [-0.15, -0.1) is 0 Å². The van der Waals surface area contributed by atoms with E-state index in [4.69, 9.17) is 4.52 Å². The van der Waals surface area contributed by atoms with Crippen LogP contribution in [-0.4, -0.2) is 33.2 Å². The van der Waals surface area contributed by atoms with Crippen molar-refractivity contribution in [1.29, 1.82) is 0 Å². The number of phosphoric acid groups is 1. The lowest BCUT2D eigenvalue weighted by Crippen LogP contribution is -2.41. The lowest BCUT2D eigenvalue weighted by molar-refractivity contribution is -0.141. The molecule has 0 spiro atoms. The van der Waals surface area contributed by atoms with Crippen LogP contribution in [0.15, 0.2) is 54.6 Å². The maximum Gasteiger partial charge on any atom is 0.470 e. The minimum atomic E-state index is -4.88. The van der Waals surface area contributed by atoms with Crippen molar-refractivity contribution >= 4 is 19.3 Å². The van der Waals surface area contributed by atoms with Crippen LogP contribution in [0.5, 0.6) is 0 Å². The number of rotatable bonds is 6. The van der Waals surface area contributed by atoms with Crippen molar-refractivity contribution in [2.24, 2.45) is 5.92 Å². The van der Waals surface area contributed by atoms with Crippen molar-refractivity contribution in [3.05, 3.63) is 77.4 Å². The number of halogens is 2. The molecule has 1 fully saturated rings. The highest BCUT2D eigenvalue weighted by molar-refractivity contribution is 7.46. The van der Waals surface area contributed by atoms with Crippen molar-refractivity contribution in [2.45, 2.75) is 25.0 Å². The highest BCUT2D eigenvalue weighted by atomic mass is 31.2. The summed E-state index contributed by atoms with van der Waals surface area (Å²) in [6.07, 6.45) is 1.63. The van der Waals surface area contributed by atoms with Gasteiger partial charge in [0, 0.05) is 12.1 Å². The summed E-state index contributed by atoms with van der Waals surface area (Å²) < 4.78 is 44.3. The number of carbonyl (C=O) groups is 1. The number of hydrogen-bond donors (Lipinski definition) is 2. The van der Waals surface area contributed by atoms with Crippen LogP contribution in [-0.2, 0) is 13.9 Å². The highest BCUT2D eigenvalue weighted by Crippen LogP contribution is 2.47. The quantitative estimate of drug-likeness (QED) is 0.674. The van der Waals surface area contributed by atoms with E-state index in [9.17, 15) is 27.9 Å². The molecule has 2 aromatic carbocycles. The van der Waals surface area contributed by atoms with E-state index in [1.807, 2.05) is 6.07 Å². The molecule has 0 saturated heterocycles. The number of nitrogens with zero attached hydrogens (tertiary/aromatic N) is 1. The molecule has 6 nitrogen and oxygen atoms in total. The summed E-state index contributed by atoms with van der Waals surface area (Å²) in [6, 6.07) is 11.5. The van der Waals surface area contributed by atoms with Gasteiger partial charge in [0.1, 0.15) is 11.6 Å². The van der Waals surface area contributed by atoms with Gasteiger partial charge in [0.25, 0.3) is 5.91 Å². The summed E-state index contributed by atoms with van der Waals surface area (Å²) in [5.74, 6) is -2.09. The lowest BCUT2D eigenvalue weighted by Gasteiger charge is -2.29. The largest absolute Gasteiger partial charge is 0.470 e. The Morgan fingerprint density at radius 1 is 1.13 bits per heavy atom. The third kappa shape index (κ3) is 4.52. The van der Waals surface area contributed by atoms with Crippen molar-refractivity contribution in [3.63, 3.8) is 0 Å². The third-order valence-electron chi connectivity index (χ3n) is 5.28. The van der Waals surface area contributed by atoms with Crippen LogP contribution in [0.1, 0.15) is 30.0 Å². The molecule has 1 amide bonds. The molecule has 2 atom stereocenters. The molecule has 0 aromatic heterocycles. The third-order valence-corrected chi connectivity index (χ3v) is 5.78. The van der Waals surface area contributed by atoms with Gasteiger partial charge in [-0.25, -0.2) is 13.3 Å². The maximum absolute atomic E-state index is 14.4. The molecule has 4 rings (SSSR count). The van der Waals surface area contributed by atoms with Crippen LogP contribution in [0.3, 0.4) is 0 Å². The fourth-order valence-electron chi connectivity index (χ4n) is 3.72. The molecule has 9 heteroatoms. The van der Waals surface area contributed by atoms with E-state index in [1.165, 1.54) is 4.90 Å². The maximum atomic E-state index is 14.4. The van der Waals surface area contributed by atoms with E-state index in [1.54, 1.807) is 30.3 Å². The Kier molecular flexibility index (Phi) is 5.59. The highest BCUT2D eigenvalue weighted by Gasteiger charge is 2.45. The van der Waals surface area contributed by atoms with E-state index < -0.39 is 37.5 Å². The number of amides is 1. The average molecular weight is 435 g/mol. The van der Waals surface area contributed by atoms with Crippen LogP contribution < -0.4 is 0 Å². The zero-order chi connectivity index (χ0) is 21.5. The molecule has 0 unspecified atom stereocenters. The Hall–Kier alpha value is -2.38. The number of benzene rings is 2. The Balaban J connectivity index is 1.70. The van der Waals surface area contributed by atoms with Crippen LogP contribution >= 0.6 is 7.82 Å². The van der Waals surface area contributed by atoms with E-state index in [0.29, 0.717) is 18.4 Å². The smallest absolute Gasteiger partial charge is 0.326 e. The number of phosphoric ester groups is 1. The normalized spacial score (nSPS) is 20.2. The molecule has 2 N–H and O–H groups in total. The Bertz CT molecular complexity index is 1030. The van der Waals surface area contributed by atoms with Crippen LogP contribution in [0, 0.1) is 17.6 Å². The van der Waals surface area contributed by atoms with E-state index in [0.717, 1.165) is 23.8 Å². The second-order valence-corrected chi connectivity index (χ2v) is 8.68. The molecule has 1 saturated carbocycles. The summed E-state index contributed by atoms with van der Waals surface area (Å²) in [5, 5.41) is 0. The minimum Gasteiger partial charge on any atom is -0.326 e. The fraction of sp³-hybridized carbons (Fsp3) is 0.286. The van der Waals surface area contributed by atoms with Crippen molar-refractivity contribution in [2.75, 3.05) is 6.54 Å². The topological polar surface area (TPSA) is 87.1 Å². The minimum absolute atomic E-state index is 0.0352. The fourth-order valence-corrected chi connectivity index (χ4v) is 4.28. The predicted molar refractivity (Wildman–Crippen MR) is 105 cm³/mol. The van der Waals surface area contributed by atoms with E-state index in [-0.39, 0.29) is 18.0 Å². The lowest BCUT2D eigenvalue weighted by atomic mass is 10.0. The molecule has 30 heavy (non-hydrogen) atoms. The first-order chi connectivity index (χ1) is 14.2. The van der Waals surface area contributed by atoms with Gasteiger partial charge in [-0.3, -0.25) is 9.32 Å². The van der Waals surface area contributed by atoms with Gasteiger partial charge in [0.2, 0.25) is 0 Å². The van der Waals surface area contributed by atoms with Gasteiger partial charge >= 0.3 is 7.82 Å². The molecule has 1 aliphatic heterocycles. The van der Waals surface area contributed by atoms with Gasteiger partial charge in [-0.2, -0.15) is 0 Å². The first-order valence-corrected chi connectivity index (χ1v) is 11.0. The van der Waals surface area contributed by atoms with E-state index in [2.05, 4.69) is 0 Å². The van der Waals surface area contributed by atoms with Crippen molar-refractivity contribution < 1.29 is 32.5 Å². The zero-order valence-electron chi connectivity index (χ0n) is 15.8. The first-order valence-electron chi connectivity index (χ1n) is 9.48. The molecule has 1 aliphatic carbocycles. The van der Waals surface area contributed by atoms with Gasteiger partial charge in [0.05, 0.1) is 6.04 Å².